The molecule has 31 heavy (non-hydrogen) atoms. The molecule has 0 aliphatic rings. The average molecular weight is 441 g/mol. The molecule has 0 bridgehead atoms. The van der Waals surface area contributed by atoms with Crippen LogP contribution in [0.25, 0.3) is 10.8 Å². The fourth-order valence-corrected chi connectivity index (χ4v) is 3.56. The first kappa shape index (κ1) is 24.2. The summed E-state index contributed by atoms with van der Waals surface area (Å²) in [6, 6.07) is 9.10. The monoisotopic (exact) mass is 440 g/mol. The van der Waals surface area contributed by atoms with Crippen molar-refractivity contribution in [2.75, 3.05) is 19.8 Å². The van der Waals surface area contributed by atoms with Crippen LogP contribution in [0.4, 0.5) is 0 Å². The van der Waals surface area contributed by atoms with Gasteiger partial charge in [-0.2, -0.15) is 10.5 Å². The van der Waals surface area contributed by atoms with E-state index in [-0.39, 0.29) is 29.6 Å². The molecule has 0 spiro atoms. The second-order valence-electron chi connectivity index (χ2n) is 7.77. The fraction of sp³-hybridized carbons (Fsp3) is 0.375. The largest absolute Gasteiger partial charge is 0.464 e. The van der Waals surface area contributed by atoms with Gasteiger partial charge in [-0.3, -0.25) is 4.79 Å². The molecule has 2 aromatic carbocycles. The first-order chi connectivity index (χ1) is 14.7. The van der Waals surface area contributed by atoms with E-state index >= 15 is 0 Å². The molecule has 0 unspecified atom stereocenters. The van der Waals surface area contributed by atoms with Gasteiger partial charge >= 0.3 is 5.97 Å². The number of rotatable bonds is 8. The van der Waals surface area contributed by atoms with Gasteiger partial charge < -0.3 is 14.2 Å². The third-order valence-electron chi connectivity index (χ3n) is 4.43. The van der Waals surface area contributed by atoms with E-state index in [4.69, 9.17) is 25.8 Å². The maximum absolute atomic E-state index is 11.8. The van der Waals surface area contributed by atoms with Crippen LogP contribution in [0.2, 0.25) is 5.02 Å². The molecule has 0 saturated heterocycles. The van der Waals surface area contributed by atoms with Crippen molar-refractivity contribution in [2.45, 2.75) is 39.5 Å². The molecule has 0 amide bonds. The van der Waals surface area contributed by atoms with Gasteiger partial charge in [0, 0.05) is 22.6 Å². The van der Waals surface area contributed by atoms with Gasteiger partial charge in [0.05, 0.1) is 30.4 Å². The zero-order valence-corrected chi connectivity index (χ0v) is 18.9. The SMILES string of the molecule is CCOCCOC(=O)C/C=C/Oc1c(C(C)(C)C)c(Cl)cc2cc(C#N)c(C#N)cc12. The van der Waals surface area contributed by atoms with Crippen molar-refractivity contribution >= 4 is 28.3 Å². The van der Waals surface area contributed by atoms with Gasteiger partial charge in [-0.05, 0) is 42.0 Å². The number of esters is 1. The Hall–Kier alpha value is -3.06. The van der Waals surface area contributed by atoms with Gasteiger partial charge in [0.2, 0.25) is 0 Å². The van der Waals surface area contributed by atoms with Crippen LogP contribution in [0.5, 0.6) is 5.75 Å². The van der Waals surface area contributed by atoms with Gasteiger partial charge in [-0.1, -0.05) is 32.4 Å². The molecular weight excluding hydrogens is 416 g/mol. The Morgan fingerprint density at radius 1 is 1.13 bits per heavy atom. The molecule has 2 aromatic rings. The minimum absolute atomic E-state index is 0.0392. The second-order valence-corrected chi connectivity index (χ2v) is 8.17. The topological polar surface area (TPSA) is 92.3 Å². The van der Waals surface area contributed by atoms with E-state index in [0.717, 1.165) is 5.56 Å². The van der Waals surface area contributed by atoms with Gasteiger partial charge in [-0.15, -0.1) is 0 Å². The zero-order valence-electron chi connectivity index (χ0n) is 18.1. The van der Waals surface area contributed by atoms with Crippen molar-refractivity contribution in [1.29, 1.82) is 10.5 Å². The van der Waals surface area contributed by atoms with E-state index < -0.39 is 5.97 Å². The Bertz CT molecular complexity index is 1070. The summed E-state index contributed by atoms with van der Waals surface area (Å²) < 4.78 is 16.1. The number of hydrogen-bond acceptors (Lipinski definition) is 6. The number of halogens is 1. The lowest BCUT2D eigenvalue weighted by atomic mass is 9.84. The molecule has 162 valence electrons. The highest BCUT2D eigenvalue weighted by Crippen LogP contribution is 2.43. The van der Waals surface area contributed by atoms with Crippen molar-refractivity contribution in [1.82, 2.24) is 0 Å². The average Bonchev–Trinajstić information content (AvgIpc) is 2.72. The number of nitriles is 2. The minimum Gasteiger partial charge on any atom is -0.464 e. The van der Waals surface area contributed by atoms with Gasteiger partial charge in [-0.25, -0.2) is 0 Å². The highest BCUT2D eigenvalue weighted by atomic mass is 35.5. The van der Waals surface area contributed by atoms with Crippen LogP contribution in [-0.4, -0.2) is 25.8 Å². The molecule has 0 atom stereocenters. The Morgan fingerprint density at radius 3 is 2.42 bits per heavy atom. The molecular formula is C24H25ClN2O4. The van der Waals surface area contributed by atoms with E-state index in [9.17, 15) is 15.3 Å². The van der Waals surface area contributed by atoms with Crippen LogP contribution >= 0.6 is 11.6 Å². The molecule has 7 heteroatoms. The van der Waals surface area contributed by atoms with Crippen LogP contribution in [0.3, 0.4) is 0 Å². The first-order valence-corrected chi connectivity index (χ1v) is 10.3. The number of carbonyl (C=O) groups excluding carboxylic acids is 1. The predicted molar refractivity (Wildman–Crippen MR) is 119 cm³/mol. The van der Waals surface area contributed by atoms with Gasteiger partial charge in [0.25, 0.3) is 0 Å². The lowest BCUT2D eigenvalue weighted by Gasteiger charge is -2.25. The Morgan fingerprint density at radius 2 is 1.81 bits per heavy atom. The van der Waals surface area contributed by atoms with Crippen LogP contribution in [-0.2, 0) is 19.7 Å². The number of carbonyl (C=O) groups is 1. The Kier molecular flexibility index (Phi) is 8.45. The molecule has 0 N–H and O–H groups in total. The van der Waals surface area contributed by atoms with Crippen LogP contribution in [0.15, 0.2) is 30.5 Å². The Balaban J connectivity index is 2.37. The van der Waals surface area contributed by atoms with Gasteiger partial charge in [0.1, 0.15) is 24.5 Å². The van der Waals surface area contributed by atoms with Crippen LogP contribution in [0, 0.1) is 22.7 Å². The van der Waals surface area contributed by atoms with E-state index in [0.29, 0.717) is 34.8 Å². The highest BCUT2D eigenvalue weighted by molar-refractivity contribution is 6.32. The predicted octanol–water partition coefficient (Wildman–Crippen LogP) is 5.40. The normalized spacial score (nSPS) is 11.3. The summed E-state index contributed by atoms with van der Waals surface area (Å²) in [4.78, 5) is 11.8. The summed E-state index contributed by atoms with van der Waals surface area (Å²) in [5.41, 5.74) is 0.932. The van der Waals surface area contributed by atoms with E-state index in [1.54, 1.807) is 24.3 Å². The molecule has 0 heterocycles. The second kappa shape index (κ2) is 10.8. The van der Waals surface area contributed by atoms with Crippen molar-refractivity contribution in [3.05, 3.63) is 52.3 Å². The standard InChI is InChI=1S/C24H25ClN2O4/c1-5-29-9-10-30-21(28)7-6-8-31-23-19-12-18(15-27)17(14-26)11-16(19)13-20(25)22(23)24(2,3)4/h6,8,11-13H,5,7,9-10H2,1-4H3/b8-6+. The van der Waals surface area contributed by atoms with Crippen molar-refractivity contribution in [3.8, 4) is 17.9 Å². The molecule has 0 saturated carbocycles. The van der Waals surface area contributed by atoms with E-state index in [1.165, 1.54) is 6.26 Å². The van der Waals surface area contributed by atoms with Crippen molar-refractivity contribution in [3.63, 3.8) is 0 Å². The minimum atomic E-state index is -0.392. The number of ether oxygens (including phenoxy) is 3. The summed E-state index contributed by atoms with van der Waals surface area (Å²) in [6.07, 6.45) is 3.00. The Labute approximate surface area is 187 Å². The zero-order chi connectivity index (χ0) is 23.0. The summed E-state index contributed by atoms with van der Waals surface area (Å²) in [5.74, 6) is 0.0916. The molecule has 0 aliphatic carbocycles. The highest BCUT2D eigenvalue weighted by Gasteiger charge is 2.25. The van der Waals surface area contributed by atoms with Crippen LogP contribution < -0.4 is 4.74 Å². The molecule has 0 aliphatic heterocycles. The maximum atomic E-state index is 11.8. The first-order valence-electron chi connectivity index (χ1n) is 9.88. The lowest BCUT2D eigenvalue weighted by Crippen LogP contribution is -2.14. The molecule has 0 fully saturated rings. The van der Waals surface area contributed by atoms with Gasteiger partial charge in [0.15, 0.2) is 0 Å². The van der Waals surface area contributed by atoms with E-state index in [1.807, 2.05) is 39.8 Å². The fourth-order valence-electron chi connectivity index (χ4n) is 3.07. The number of hydrogen-bond donors (Lipinski definition) is 0. The number of fused-ring (bicyclic) bond motifs is 1. The molecule has 0 aromatic heterocycles. The summed E-state index contributed by atoms with van der Waals surface area (Å²) in [7, 11) is 0. The number of benzene rings is 2. The molecule has 0 radical (unpaired) electrons. The molecule has 2 rings (SSSR count). The number of nitrogens with zero attached hydrogens (tertiary/aromatic N) is 2. The summed E-state index contributed by atoms with van der Waals surface area (Å²) in [5, 5.41) is 20.6. The molecule has 6 nitrogen and oxygen atoms in total. The third kappa shape index (κ3) is 6.21. The summed E-state index contributed by atoms with van der Waals surface area (Å²) >= 11 is 6.57. The van der Waals surface area contributed by atoms with Crippen LogP contribution in [0.1, 0.15) is 50.8 Å². The third-order valence-corrected chi connectivity index (χ3v) is 4.73. The summed E-state index contributed by atoms with van der Waals surface area (Å²) in [6.45, 7) is 9.00. The lowest BCUT2D eigenvalue weighted by molar-refractivity contribution is -0.144. The maximum Gasteiger partial charge on any atom is 0.309 e. The van der Waals surface area contributed by atoms with Crippen molar-refractivity contribution in [2.24, 2.45) is 0 Å². The van der Waals surface area contributed by atoms with Crippen molar-refractivity contribution < 1.29 is 19.0 Å². The smallest absolute Gasteiger partial charge is 0.309 e. The quantitative estimate of drug-likeness (QED) is 0.310. The van der Waals surface area contributed by atoms with E-state index in [2.05, 4.69) is 0 Å².